The maximum absolute atomic E-state index is 13.2. The van der Waals surface area contributed by atoms with Crippen LogP contribution in [0.25, 0.3) is 0 Å². The molecule has 1 aromatic rings. The highest BCUT2D eigenvalue weighted by Gasteiger charge is 2.49. The molecule has 1 saturated heterocycles. The van der Waals surface area contributed by atoms with Gasteiger partial charge in [0.25, 0.3) is 0 Å². The first-order chi connectivity index (χ1) is 13.6. The van der Waals surface area contributed by atoms with Gasteiger partial charge in [0.1, 0.15) is 6.61 Å². The van der Waals surface area contributed by atoms with E-state index in [0.717, 1.165) is 57.7 Å². The summed E-state index contributed by atoms with van der Waals surface area (Å²) in [5, 5.41) is 6.60. The minimum absolute atomic E-state index is 0.140. The van der Waals surface area contributed by atoms with E-state index >= 15 is 0 Å². The number of amides is 1. The van der Waals surface area contributed by atoms with Gasteiger partial charge < -0.3 is 25.0 Å². The number of rotatable bonds is 9. The van der Waals surface area contributed by atoms with E-state index in [1.54, 1.807) is 7.11 Å². The highest BCUT2D eigenvalue weighted by molar-refractivity contribution is 5.96. The Balaban J connectivity index is 1.67. The Morgan fingerprint density at radius 2 is 2.11 bits per heavy atom. The lowest BCUT2D eigenvalue weighted by atomic mass is 9.67. The molecule has 28 heavy (non-hydrogen) atoms. The number of benzene rings is 1. The van der Waals surface area contributed by atoms with Gasteiger partial charge in [0.2, 0.25) is 5.91 Å². The summed E-state index contributed by atoms with van der Waals surface area (Å²) in [5.74, 6) is 1.95. The van der Waals surface area contributed by atoms with Gasteiger partial charge in [-0.15, -0.1) is 0 Å². The quantitative estimate of drug-likeness (QED) is 0.679. The summed E-state index contributed by atoms with van der Waals surface area (Å²) in [6, 6.07) is 5.64. The van der Waals surface area contributed by atoms with Crippen molar-refractivity contribution in [1.29, 1.82) is 0 Å². The Morgan fingerprint density at radius 3 is 2.86 bits per heavy atom. The van der Waals surface area contributed by atoms with E-state index in [2.05, 4.69) is 29.4 Å². The van der Waals surface area contributed by atoms with E-state index in [4.69, 9.17) is 9.47 Å². The van der Waals surface area contributed by atoms with Crippen molar-refractivity contribution >= 4 is 11.6 Å². The SMILES string of the molecule is CCN(CC)CCOc1cc(NC(=O)[C@@]23CCCC[C@H]2CNC3)ccc1OC. The van der Waals surface area contributed by atoms with E-state index in [1.807, 2.05) is 18.2 Å². The number of ether oxygens (including phenoxy) is 2. The van der Waals surface area contributed by atoms with Crippen LogP contribution >= 0.6 is 0 Å². The molecule has 0 radical (unpaired) electrons. The highest BCUT2D eigenvalue weighted by atomic mass is 16.5. The molecule has 0 bridgehead atoms. The van der Waals surface area contributed by atoms with Crippen molar-refractivity contribution in [1.82, 2.24) is 10.2 Å². The molecule has 0 spiro atoms. The summed E-state index contributed by atoms with van der Waals surface area (Å²) in [6.07, 6.45) is 4.48. The fourth-order valence-corrected chi connectivity index (χ4v) is 4.64. The lowest BCUT2D eigenvalue weighted by Gasteiger charge is -2.37. The third-order valence-electron chi connectivity index (χ3n) is 6.47. The summed E-state index contributed by atoms with van der Waals surface area (Å²) in [6.45, 7) is 9.50. The van der Waals surface area contributed by atoms with Crippen LogP contribution in [0.5, 0.6) is 11.5 Å². The number of carbonyl (C=O) groups is 1. The van der Waals surface area contributed by atoms with Gasteiger partial charge in [0, 0.05) is 24.8 Å². The lowest BCUT2D eigenvalue weighted by molar-refractivity contribution is -0.128. The van der Waals surface area contributed by atoms with Crippen molar-refractivity contribution in [2.75, 3.05) is 51.8 Å². The van der Waals surface area contributed by atoms with Crippen LogP contribution in [0.1, 0.15) is 39.5 Å². The van der Waals surface area contributed by atoms with Crippen molar-refractivity contribution in [3.05, 3.63) is 18.2 Å². The van der Waals surface area contributed by atoms with Crippen molar-refractivity contribution in [2.45, 2.75) is 39.5 Å². The van der Waals surface area contributed by atoms with Crippen LogP contribution in [0.2, 0.25) is 0 Å². The fourth-order valence-electron chi connectivity index (χ4n) is 4.64. The third-order valence-corrected chi connectivity index (χ3v) is 6.47. The molecule has 6 nitrogen and oxygen atoms in total. The van der Waals surface area contributed by atoms with Gasteiger partial charge in [-0.1, -0.05) is 26.7 Å². The van der Waals surface area contributed by atoms with Crippen LogP contribution in [0.3, 0.4) is 0 Å². The number of nitrogens with zero attached hydrogens (tertiary/aromatic N) is 1. The predicted molar refractivity (Wildman–Crippen MR) is 112 cm³/mol. The van der Waals surface area contributed by atoms with Crippen molar-refractivity contribution in [3.63, 3.8) is 0 Å². The molecule has 3 rings (SSSR count). The second kappa shape index (κ2) is 9.61. The molecule has 1 aliphatic carbocycles. The topological polar surface area (TPSA) is 62.8 Å². The fraction of sp³-hybridized carbons (Fsp3) is 0.682. The minimum Gasteiger partial charge on any atom is -0.493 e. The predicted octanol–water partition coefficient (Wildman–Crippen LogP) is 3.13. The van der Waals surface area contributed by atoms with E-state index in [9.17, 15) is 4.79 Å². The molecule has 156 valence electrons. The van der Waals surface area contributed by atoms with Gasteiger partial charge in [-0.05, 0) is 50.5 Å². The van der Waals surface area contributed by atoms with Gasteiger partial charge in [-0.25, -0.2) is 0 Å². The molecule has 1 aliphatic heterocycles. The summed E-state index contributed by atoms with van der Waals surface area (Å²) in [7, 11) is 1.64. The molecule has 2 N–H and O–H groups in total. The zero-order chi connectivity index (χ0) is 20.0. The number of hydrogen-bond acceptors (Lipinski definition) is 5. The molecular weight excluding hydrogens is 354 g/mol. The van der Waals surface area contributed by atoms with Crippen LogP contribution < -0.4 is 20.1 Å². The number of anilines is 1. The largest absolute Gasteiger partial charge is 0.493 e. The zero-order valence-corrected chi connectivity index (χ0v) is 17.6. The molecule has 2 fully saturated rings. The number of carbonyl (C=O) groups excluding carboxylic acids is 1. The lowest BCUT2D eigenvalue weighted by Crippen LogP contribution is -2.44. The van der Waals surface area contributed by atoms with Crippen molar-refractivity contribution in [3.8, 4) is 11.5 Å². The summed E-state index contributed by atoms with van der Waals surface area (Å²) in [5.41, 5.74) is 0.510. The molecule has 1 amide bonds. The number of fused-ring (bicyclic) bond motifs is 1. The Bertz CT molecular complexity index is 662. The molecule has 6 heteroatoms. The number of nitrogens with one attached hydrogen (secondary N) is 2. The normalized spacial score (nSPS) is 24.1. The molecule has 2 atom stereocenters. The minimum atomic E-state index is -0.262. The average molecular weight is 390 g/mol. The number of hydrogen-bond donors (Lipinski definition) is 2. The van der Waals surface area contributed by atoms with Gasteiger partial charge >= 0.3 is 0 Å². The molecule has 0 aromatic heterocycles. The number of likely N-dealkylation sites (N-methyl/N-ethyl adjacent to an activating group) is 1. The standard InChI is InChI=1S/C22H35N3O3/c1-4-25(5-2)12-13-28-20-14-18(9-10-19(20)27-3)24-21(26)22-11-7-6-8-17(22)15-23-16-22/h9-10,14,17,23H,4-8,11-13,15-16H2,1-3H3,(H,24,26)/t17-,22+/m0/s1. The van der Waals surface area contributed by atoms with Crippen molar-refractivity contribution < 1.29 is 14.3 Å². The second-order valence-electron chi connectivity index (χ2n) is 7.92. The molecule has 2 aliphatic rings. The molecule has 1 saturated carbocycles. The van der Waals surface area contributed by atoms with Gasteiger partial charge in [0.15, 0.2) is 11.5 Å². The van der Waals surface area contributed by atoms with E-state index < -0.39 is 0 Å². The summed E-state index contributed by atoms with van der Waals surface area (Å²) in [4.78, 5) is 15.5. The molecule has 1 aromatic carbocycles. The van der Waals surface area contributed by atoms with Crippen LogP contribution in [-0.2, 0) is 4.79 Å². The second-order valence-corrected chi connectivity index (χ2v) is 7.92. The van der Waals surface area contributed by atoms with E-state index in [1.165, 1.54) is 6.42 Å². The average Bonchev–Trinajstić information content (AvgIpc) is 3.17. The van der Waals surface area contributed by atoms with Crippen LogP contribution in [-0.4, -0.2) is 57.2 Å². The maximum atomic E-state index is 13.2. The monoisotopic (exact) mass is 389 g/mol. The van der Waals surface area contributed by atoms with Crippen LogP contribution in [0, 0.1) is 11.3 Å². The van der Waals surface area contributed by atoms with Gasteiger partial charge in [-0.3, -0.25) is 4.79 Å². The highest BCUT2D eigenvalue weighted by Crippen LogP contribution is 2.44. The Kier molecular flexibility index (Phi) is 7.18. The molecule has 1 heterocycles. The zero-order valence-electron chi connectivity index (χ0n) is 17.6. The Hall–Kier alpha value is -1.79. The smallest absolute Gasteiger partial charge is 0.232 e. The summed E-state index contributed by atoms with van der Waals surface area (Å²) < 4.78 is 11.4. The van der Waals surface area contributed by atoms with E-state index in [-0.39, 0.29) is 11.3 Å². The maximum Gasteiger partial charge on any atom is 0.232 e. The first kappa shape index (κ1) is 20.9. The number of methoxy groups -OCH3 is 1. The first-order valence-electron chi connectivity index (χ1n) is 10.7. The third kappa shape index (κ3) is 4.44. The van der Waals surface area contributed by atoms with Gasteiger partial charge in [0.05, 0.1) is 12.5 Å². The van der Waals surface area contributed by atoms with Gasteiger partial charge in [-0.2, -0.15) is 0 Å². The molecule has 0 unspecified atom stereocenters. The van der Waals surface area contributed by atoms with Crippen LogP contribution in [0.15, 0.2) is 18.2 Å². The Morgan fingerprint density at radius 1 is 1.29 bits per heavy atom. The van der Waals surface area contributed by atoms with E-state index in [0.29, 0.717) is 24.0 Å². The van der Waals surface area contributed by atoms with Crippen molar-refractivity contribution in [2.24, 2.45) is 11.3 Å². The first-order valence-corrected chi connectivity index (χ1v) is 10.7. The Labute approximate surface area is 169 Å². The summed E-state index contributed by atoms with van der Waals surface area (Å²) >= 11 is 0. The molecular formula is C22H35N3O3. The van der Waals surface area contributed by atoms with Crippen LogP contribution in [0.4, 0.5) is 5.69 Å².